The second kappa shape index (κ2) is 16.4. The van der Waals surface area contributed by atoms with Crippen molar-refractivity contribution in [1.29, 1.82) is 0 Å². The average Bonchev–Trinajstić information content (AvgIpc) is 3.71. The van der Waals surface area contributed by atoms with Crippen LogP contribution in [0.25, 0.3) is 0 Å². The Labute approximate surface area is 239 Å². The van der Waals surface area contributed by atoms with Crippen LogP contribution in [0.5, 0.6) is 0 Å². The van der Waals surface area contributed by atoms with Gasteiger partial charge in [-0.25, -0.2) is 15.5 Å². The second-order valence-corrected chi connectivity index (χ2v) is 10.5. The molecule has 0 saturated carbocycles. The molecule has 3 heterocycles. The van der Waals surface area contributed by atoms with Crippen LogP contribution in [-0.4, -0.2) is 63.2 Å². The third-order valence-electron chi connectivity index (χ3n) is 6.37. The number of nitrogens with zero attached hydrogens (tertiary/aromatic N) is 3. The second-order valence-electron chi connectivity index (χ2n) is 9.25. The molecule has 0 bridgehead atoms. The molecule has 2 saturated heterocycles. The number of hydrogen-bond acceptors (Lipinski definition) is 6. The van der Waals surface area contributed by atoms with Crippen LogP contribution in [0.1, 0.15) is 36.9 Å². The minimum absolute atomic E-state index is 0. The largest absolute Gasteiger partial charge is 0.748 e. The van der Waals surface area contributed by atoms with E-state index in [-0.39, 0.29) is 41.1 Å². The van der Waals surface area contributed by atoms with Crippen LogP contribution in [0.2, 0.25) is 0 Å². The van der Waals surface area contributed by atoms with E-state index in [2.05, 4.69) is 26.3 Å². The van der Waals surface area contributed by atoms with Gasteiger partial charge in [0.25, 0.3) is 0 Å². The molecule has 3 amide bonds. The third-order valence-corrected chi connectivity index (χ3v) is 7.88. The molecule has 5 rings (SSSR count). The standard InChI is InChI=1S/C22H31N6O3S.C5H5.Fe/c29-20(9-3-8-19-21-18(15-32-19)24-22(30)25-21)23-10-4-7-17-13-28(27-26-17)11-12-31-14-16-5-1-2-6-16;1-2-4-5-3-1;/h1-2,5-6,13,18-19,21H,3-4,7-12,14-15H2,(H,23,29)(H2,24,25,30);1-5H;/q-1;-5;. The summed E-state index contributed by atoms with van der Waals surface area (Å²) in [5.41, 5.74) is 2.10. The zero-order chi connectivity index (χ0) is 25.7. The maximum absolute atomic E-state index is 12.1. The fourth-order valence-electron chi connectivity index (χ4n) is 4.43. The predicted molar refractivity (Wildman–Crippen MR) is 144 cm³/mol. The summed E-state index contributed by atoms with van der Waals surface area (Å²) in [6.45, 7) is 2.51. The number of aryl methyl sites for hydroxylation is 1. The smallest absolute Gasteiger partial charge is 0.315 e. The van der Waals surface area contributed by atoms with Gasteiger partial charge in [0, 0.05) is 53.8 Å². The molecule has 11 heteroatoms. The van der Waals surface area contributed by atoms with Crippen molar-refractivity contribution in [3.05, 3.63) is 72.1 Å². The Kier molecular flexibility index (Phi) is 12.9. The molecule has 3 unspecified atom stereocenters. The fourth-order valence-corrected chi connectivity index (χ4v) is 5.98. The number of carbonyl (C=O) groups is 2. The molecule has 2 aliphatic rings. The zero-order valence-electron chi connectivity index (χ0n) is 21.4. The van der Waals surface area contributed by atoms with E-state index in [1.54, 1.807) is 4.68 Å². The summed E-state index contributed by atoms with van der Waals surface area (Å²) in [4.78, 5) is 23.5. The monoisotopic (exact) mass is 580 g/mol. The van der Waals surface area contributed by atoms with Gasteiger partial charge in [0.1, 0.15) is 0 Å². The molecule has 2 fully saturated rings. The van der Waals surface area contributed by atoms with Gasteiger partial charge < -0.3 is 51.0 Å². The summed E-state index contributed by atoms with van der Waals surface area (Å²) in [6, 6.07) is 18.5. The Bertz CT molecular complexity index is 1040. The first-order chi connectivity index (χ1) is 18.2. The number of urea groups is 1. The Morgan fingerprint density at radius 3 is 2.79 bits per heavy atom. The number of rotatable bonds is 13. The molecule has 3 aromatic rings. The predicted octanol–water partition coefficient (Wildman–Crippen LogP) is 3.00. The topological polar surface area (TPSA) is 110 Å². The summed E-state index contributed by atoms with van der Waals surface area (Å²) >= 11 is 1.88. The van der Waals surface area contributed by atoms with Gasteiger partial charge in [0.15, 0.2) is 0 Å². The van der Waals surface area contributed by atoms with Crippen LogP contribution >= 0.6 is 11.8 Å². The van der Waals surface area contributed by atoms with Gasteiger partial charge in [0.05, 0.1) is 30.9 Å². The molecule has 3 N–H and O–H groups in total. The van der Waals surface area contributed by atoms with Crippen molar-refractivity contribution < 1.29 is 31.4 Å². The van der Waals surface area contributed by atoms with E-state index in [0.29, 0.717) is 38.0 Å². The quantitative estimate of drug-likeness (QED) is 0.124. The van der Waals surface area contributed by atoms with Crippen LogP contribution in [0.3, 0.4) is 0 Å². The van der Waals surface area contributed by atoms with Crippen molar-refractivity contribution in [3.8, 4) is 0 Å². The maximum Gasteiger partial charge on any atom is 0.315 e. The average molecular weight is 581 g/mol. The number of fused-ring (bicyclic) bond motifs is 1. The van der Waals surface area contributed by atoms with Crippen LogP contribution in [-0.2, 0) is 46.2 Å². The summed E-state index contributed by atoms with van der Waals surface area (Å²) in [6.07, 6.45) is 5.86. The number of hydrogen-bond donors (Lipinski definition) is 3. The van der Waals surface area contributed by atoms with Gasteiger partial charge >= 0.3 is 6.03 Å². The van der Waals surface area contributed by atoms with E-state index >= 15 is 0 Å². The van der Waals surface area contributed by atoms with Gasteiger partial charge in [-0.05, 0) is 25.7 Å². The number of ether oxygens (including phenoxy) is 1. The summed E-state index contributed by atoms with van der Waals surface area (Å²) < 4.78 is 7.45. The molecule has 0 radical (unpaired) electrons. The molecular formula is C27H36FeN6O3S-6. The van der Waals surface area contributed by atoms with Gasteiger partial charge in [0.2, 0.25) is 5.91 Å². The Balaban J connectivity index is 0.000000598. The SMILES string of the molecule is O=C(CCCC1SCC2NC(=O)NC21)NCCCc1cn(CCOCc2cc[cH-]c2)nn1.[Fe].[cH-]1[cH-][cH-][cH-][cH-]1. The zero-order valence-corrected chi connectivity index (χ0v) is 23.3. The van der Waals surface area contributed by atoms with Crippen molar-refractivity contribution in [1.82, 2.24) is 30.9 Å². The minimum Gasteiger partial charge on any atom is -0.748 e. The Morgan fingerprint density at radius 2 is 2.03 bits per heavy atom. The fraction of sp³-hybridized carbons (Fsp3) is 0.481. The van der Waals surface area contributed by atoms with E-state index in [4.69, 9.17) is 4.74 Å². The number of thioether (sulfide) groups is 1. The maximum atomic E-state index is 12.1. The molecule has 212 valence electrons. The van der Waals surface area contributed by atoms with Gasteiger partial charge in [-0.15, -0.1) is 5.10 Å². The van der Waals surface area contributed by atoms with Crippen molar-refractivity contribution in [2.24, 2.45) is 0 Å². The normalized spacial score (nSPS) is 19.5. The molecule has 3 atom stereocenters. The van der Waals surface area contributed by atoms with E-state index in [1.807, 2.05) is 72.6 Å². The summed E-state index contributed by atoms with van der Waals surface area (Å²) in [5.74, 6) is 1.04. The minimum atomic E-state index is -0.0647. The first-order valence-corrected chi connectivity index (χ1v) is 14.0. The van der Waals surface area contributed by atoms with E-state index < -0.39 is 0 Å². The summed E-state index contributed by atoms with van der Waals surface area (Å²) in [5, 5.41) is 17.7. The van der Waals surface area contributed by atoms with Crippen molar-refractivity contribution >= 4 is 23.7 Å². The van der Waals surface area contributed by atoms with Crippen molar-refractivity contribution in [3.63, 3.8) is 0 Å². The number of carbonyl (C=O) groups excluding carboxylic acids is 2. The summed E-state index contributed by atoms with van der Waals surface area (Å²) in [7, 11) is 0. The van der Waals surface area contributed by atoms with E-state index in [0.717, 1.165) is 37.1 Å². The Morgan fingerprint density at radius 1 is 1.21 bits per heavy atom. The molecule has 0 spiro atoms. The molecule has 9 nitrogen and oxygen atoms in total. The first-order valence-electron chi connectivity index (χ1n) is 13.0. The number of amides is 3. The van der Waals surface area contributed by atoms with Crippen LogP contribution in [0.4, 0.5) is 4.79 Å². The van der Waals surface area contributed by atoms with E-state index in [9.17, 15) is 9.59 Å². The molecule has 2 aromatic carbocycles. The Hall–Kier alpha value is -2.59. The molecular weight excluding hydrogens is 544 g/mol. The van der Waals surface area contributed by atoms with Gasteiger partial charge in [-0.2, -0.15) is 35.5 Å². The van der Waals surface area contributed by atoms with Crippen LogP contribution in [0, 0.1) is 0 Å². The molecule has 38 heavy (non-hydrogen) atoms. The van der Waals surface area contributed by atoms with Crippen molar-refractivity contribution in [2.75, 3.05) is 18.9 Å². The molecule has 2 aliphatic heterocycles. The number of nitrogens with one attached hydrogen (secondary N) is 3. The first kappa shape index (κ1) is 30.0. The third kappa shape index (κ3) is 9.94. The molecule has 0 aliphatic carbocycles. The van der Waals surface area contributed by atoms with Crippen molar-refractivity contribution in [2.45, 2.75) is 62.6 Å². The molecule has 1 aromatic heterocycles. The van der Waals surface area contributed by atoms with Crippen LogP contribution in [0.15, 0.2) is 60.8 Å². The van der Waals surface area contributed by atoms with Crippen LogP contribution < -0.4 is 16.0 Å². The number of aromatic nitrogens is 3. The van der Waals surface area contributed by atoms with E-state index in [1.165, 1.54) is 5.56 Å². The van der Waals surface area contributed by atoms with Gasteiger partial charge in [-0.3, -0.25) is 4.79 Å². The van der Waals surface area contributed by atoms with Gasteiger partial charge in [-0.1, -0.05) is 5.21 Å².